The maximum Gasteiger partial charge on any atom is 0.261 e. The zero-order valence-corrected chi connectivity index (χ0v) is 15.4. The number of nitrogens with one attached hydrogen (secondary N) is 1. The number of methoxy groups -OCH3 is 1. The number of aryl methyl sites for hydroxylation is 1. The molecule has 2 aromatic rings. The highest BCUT2D eigenvalue weighted by Crippen LogP contribution is 2.19. The number of halogens is 1. The first kappa shape index (κ1) is 19.1. The molecule has 25 heavy (non-hydrogen) atoms. The van der Waals surface area contributed by atoms with Crippen LogP contribution in [-0.2, 0) is 11.2 Å². The summed E-state index contributed by atoms with van der Waals surface area (Å²) in [5.74, 6) is 1.35. The highest BCUT2D eigenvalue weighted by atomic mass is 35.5. The lowest BCUT2D eigenvalue weighted by molar-refractivity contribution is -0.128. The van der Waals surface area contributed by atoms with E-state index in [1.54, 1.807) is 31.4 Å². The molecule has 0 aliphatic heterocycles. The van der Waals surface area contributed by atoms with Crippen molar-refractivity contribution in [1.29, 1.82) is 0 Å². The molecule has 0 aromatic heterocycles. The standard InChI is InChI=1S/C20H24ClNO3/c1-3-19(25-18-8-4-7-16(21)14-18)20(23)22-13-5-6-15-9-11-17(24-2)12-10-15/h4,7-12,14,19H,3,5-6,13H2,1-2H3,(H,22,23)/t19-/m1/s1. The van der Waals surface area contributed by atoms with Gasteiger partial charge in [-0.25, -0.2) is 0 Å². The summed E-state index contributed by atoms with van der Waals surface area (Å²) in [7, 11) is 1.65. The average Bonchev–Trinajstić information content (AvgIpc) is 2.63. The third kappa shape index (κ3) is 6.31. The Morgan fingerprint density at radius 1 is 1.16 bits per heavy atom. The van der Waals surface area contributed by atoms with Crippen molar-refractivity contribution in [1.82, 2.24) is 5.32 Å². The second-order valence-electron chi connectivity index (χ2n) is 5.71. The summed E-state index contributed by atoms with van der Waals surface area (Å²) in [6.45, 7) is 2.53. The van der Waals surface area contributed by atoms with E-state index in [2.05, 4.69) is 5.32 Å². The summed E-state index contributed by atoms with van der Waals surface area (Å²) < 4.78 is 10.9. The summed E-state index contributed by atoms with van der Waals surface area (Å²) in [5.41, 5.74) is 1.22. The van der Waals surface area contributed by atoms with Gasteiger partial charge in [-0.1, -0.05) is 36.7 Å². The van der Waals surface area contributed by atoms with Gasteiger partial charge >= 0.3 is 0 Å². The van der Waals surface area contributed by atoms with Crippen molar-refractivity contribution in [3.63, 3.8) is 0 Å². The minimum Gasteiger partial charge on any atom is -0.497 e. The molecule has 5 heteroatoms. The van der Waals surface area contributed by atoms with Gasteiger partial charge in [0.1, 0.15) is 11.5 Å². The first-order valence-corrected chi connectivity index (χ1v) is 8.83. The Balaban J connectivity index is 1.75. The Hall–Kier alpha value is -2.20. The van der Waals surface area contributed by atoms with Crippen molar-refractivity contribution >= 4 is 17.5 Å². The van der Waals surface area contributed by atoms with Gasteiger partial charge in [-0.3, -0.25) is 4.79 Å². The fourth-order valence-corrected chi connectivity index (χ4v) is 2.62. The van der Waals surface area contributed by atoms with Gasteiger partial charge in [-0.05, 0) is 55.2 Å². The molecule has 1 N–H and O–H groups in total. The molecule has 2 rings (SSSR count). The first-order chi connectivity index (χ1) is 12.1. The number of rotatable bonds is 9. The second kappa shape index (κ2) is 9.94. The first-order valence-electron chi connectivity index (χ1n) is 8.45. The van der Waals surface area contributed by atoms with Gasteiger partial charge in [0.25, 0.3) is 5.91 Å². The minimum atomic E-state index is -0.514. The Kier molecular flexibility index (Phi) is 7.61. The van der Waals surface area contributed by atoms with E-state index < -0.39 is 6.10 Å². The fourth-order valence-electron chi connectivity index (χ4n) is 2.44. The molecule has 0 bridgehead atoms. The van der Waals surface area contributed by atoms with Crippen molar-refractivity contribution in [3.05, 3.63) is 59.1 Å². The summed E-state index contributed by atoms with van der Waals surface area (Å²) in [6.07, 6.45) is 1.85. The van der Waals surface area contributed by atoms with Gasteiger partial charge in [-0.15, -0.1) is 0 Å². The van der Waals surface area contributed by atoms with E-state index in [-0.39, 0.29) is 5.91 Å². The third-order valence-corrected chi connectivity index (χ3v) is 4.07. The molecule has 0 aliphatic carbocycles. The third-order valence-electron chi connectivity index (χ3n) is 3.84. The van der Waals surface area contributed by atoms with Crippen molar-refractivity contribution in [2.45, 2.75) is 32.3 Å². The summed E-state index contributed by atoms with van der Waals surface area (Å²) in [4.78, 5) is 12.3. The van der Waals surface area contributed by atoms with Crippen LogP contribution in [0.15, 0.2) is 48.5 Å². The molecule has 0 heterocycles. The van der Waals surface area contributed by atoms with Crippen LogP contribution < -0.4 is 14.8 Å². The van der Waals surface area contributed by atoms with Gasteiger partial charge in [0, 0.05) is 11.6 Å². The van der Waals surface area contributed by atoms with Crippen molar-refractivity contribution in [2.24, 2.45) is 0 Å². The zero-order chi connectivity index (χ0) is 18.1. The monoisotopic (exact) mass is 361 g/mol. The number of hydrogen-bond donors (Lipinski definition) is 1. The molecule has 1 atom stereocenters. The van der Waals surface area contributed by atoms with Crippen LogP contribution in [0.5, 0.6) is 11.5 Å². The van der Waals surface area contributed by atoms with E-state index in [4.69, 9.17) is 21.1 Å². The van der Waals surface area contributed by atoms with Gasteiger partial charge in [0.15, 0.2) is 6.10 Å². The lowest BCUT2D eigenvalue weighted by atomic mass is 10.1. The Morgan fingerprint density at radius 3 is 2.56 bits per heavy atom. The van der Waals surface area contributed by atoms with E-state index in [1.165, 1.54) is 5.56 Å². The number of amides is 1. The highest BCUT2D eigenvalue weighted by Gasteiger charge is 2.17. The van der Waals surface area contributed by atoms with Gasteiger partial charge in [0.05, 0.1) is 7.11 Å². The Morgan fingerprint density at radius 2 is 1.92 bits per heavy atom. The van der Waals surface area contributed by atoms with Gasteiger partial charge in [0.2, 0.25) is 0 Å². The predicted octanol–water partition coefficient (Wildman–Crippen LogP) is 4.26. The molecule has 2 aromatic carbocycles. The smallest absolute Gasteiger partial charge is 0.261 e. The maximum absolute atomic E-state index is 12.3. The highest BCUT2D eigenvalue weighted by molar-refractivity contribution is 6.30. The van der Waals surface area contributed by atoms with E-state index >= 15 is 0 Å². The molecular formula is C20H24ClNO3. The molecule has 0 saturated carbocycles. The lowest BCUT2D eigenvalue weighted by Crippen LogP contribution is -2.38. The fraction of sp³-hybridized carbons (Fsp3) is 0.350. The molecule has 134 valence electrons. The van der Waals surface area contributed by atoms with Crippen molar-refractivity contribution in [2.75, 3.05) is 13.7 Å². The minimum absolute atomic E-state index is 0.0998. The number of benzene rings is 2. The quantitative estimate of drug-likeness (QED) is 0.679. The molecule has 4 nitrogen and oxygen atoms in total. The van der Waals surface area contributed by atoms with E-state index in [9.17, 15) is 4.79 Å². The molecule has 0 aliphatic rings. The van der Waals surface area contributed by atoms with Crippen LogP contribution in [0.3, 0.4) is 0 Å². The molecule has 0 saturated heterocycles. The SMILES string of the molecule is CC[C@@H](Oc1cccc(Cl)c1)C(=O)NCCCc1ccc(OC)cc1. The zero-order valence-electron chi connectivity index (χ0n) is 14.6. The molecule has 0 unspecified atom stereocenters. The van der Waals surface area contributed by atoms with Crippen LogP contribution in [0.4, 0.5) is 0 Å². The van der Waals surface area contributed by atoms with Crippen LogP contribution in [-0.4, -0.2) is 25.7 Å². The molecule has 0 fully saturated rings. The Labute approximate surface area is 154 Å². The van der Waals surface area contributed by atoms with E-state index in [0.29, 0.717) is 23.7 Å². The summed E-state index contributed by atoms with van der Waals surface area (Å²) in [6, 6.07) is 15.0. The molecular weight excluding hydrogens is 338 g/mol. The molecule has 0 radical (unpaired) electrons. The normalized spacial score (nSPS) is 11.6. The van der Waals surface area contributed by atoms with Gasteiger partial charge in [-0.2, -0.15) is 0 Å². The number of carbonyl (C=O) groups excluding carboxylic acids is 1. The predicted molar refractivity (Wildman–Crippen MR) is 100 cm³/mol. The van der Waals surface area contributed by atoms with Crippen LogP contribution in [0.25, 0.3) is 0 Å². The molecule has 0 spiro atoms. The van der Waals surface area contributed by atoms with E-state index in [0.717, 1.165) is 18.6 Å². The van der Waals surface area contributed by atoms with Gasteiger partial charge < -0.3 is 14.8 Å². The topological polar surface area (TPSA) is 47.6 Å². The maximum atomic E-state index is 12.3. The number of ether oxygens (including phenoxy) is 2. The number of hydrogen-bond acceptors (Lipinski definition) is 3. The van der Waals surface area contributed by atoms with Crippen LogP contribution in [0, 0.1) is 0 Å². The van der Waals surface area contributed by atoms with Crippen molar-refractivity contribution < 1.29 is 14.3 Å². The summed E-state index contributed by atoms with van der Waals surface area (Å²) >= 11 is 5.94. The lowest BCUT2D eigenvalue weighted by Gasteiger charge is -2.17. The largest absolute Gasteiger partial charge is 0.497 e. The Bertz CT molecular complexity index is 673. The van der Waals surface area contributed by atoms with E-state index in [1.807, 2.05) is 31.2 Å². The molecule has 1 amide bonds. The average molecular weight is 362 g/mol. The van der Waals surface area contributed by atoms with Crippen LogP contribution in [0.2, 0.25) is 5.02 Å². The van der Waals surface area contributed by atoms with Crippen LogP contribution >= 0.6 is 11.6 Å². The van der Waals surface area contributed by atoms with Crippen LogP contribution in [0.1, 0.15) is 25.3 Å². The van der Waals surface area contributed by atoms with Crippen molar-refractivity contribution in [3.8, 4) is 11.5 Å². The number of carbonyl (C=O) groups is 1. The summed E-state index contributed by atoms with van der Waals surface area (Å²) in [5, 5.41) is 3.53. The second-order valence-corrected chi connectivity index (χ2v) is 6.15.